The van der Waals surface area contributed by atoms with E-state index in [1.165, 1.54) is 12.8 Å². The lowest BCUT2D eigenvalue weighted by Crippen LogP contribution is -2.47. The minimum atomic E-state index is -0.236. The molecule has 2 fully saturated rings. The van der Waals surface area contributed by atoms with Crippen LogP contribution in [0.3, 0.4) is 0 Å². The first-order valence-electron chi connectivity index (χ1n) is 7.51. The van der Waals surface area contributed by atoms with Crippen molar-refractivity contribution in [1.82, 2.24) is 10.2 Å². The van der Waals surface area contributed by atoms with Gasteiger partial charge in [-0.2, -0.15) is 0 Å². The van der Waals surface area contributed by atoms with Crippen LogP contribution in [0.5, 0.6) is 0 Å². The smallest absolute Gasteiger partial charge is 0.251 e. The van der Waals surface area contributed by atoms with Crippen LogP contribution in [-0.4, -0.2) is 41.1 Å². The van der Waals surface area contributed by atoms with Crippen molar-refractivity contribution in [2.45, 2.75) is 44.4 Å². The Morgan fingerprint density at radius 1 is 1.25 bits per heavy atom. The summed E-state index contributed by atoms with van der Waals surface area (Å²) in [6.45, 7) is 3.12. The average Bonchev–Trinajstić information content (AvgIpc) is 2.90. The van der Waals surface area contributed by atoms with E-state index in [4.69, 9.17) is 0 Å². The van der Waals surface area contributed by atoms with E-state index in [-0.39, 0.29) is 18.1 Å². The maximum atomic E-state index is 12.3. The predicted molar refractivity (Wildman–Crippen MR) is 77.4 cm³/mol. The van der Waals surface area contributed by atoms with Crippen molar-refractivity contribution in [2.75, 3.05) is 13.1 Å². The van der Waals surface area contributed by atoms with Crippen molar-refractivity contribution >= 4 is 5.91 Å². The van der Waals surface area contributed by atoms with E-state index < -0.39 is 0 Å². The summed E-state index contributed by atoms with van der Waals surface area (Å²) in [4.78, 5) is 14.7. The van der Waals surface area contributed by atoms with E-state index in [1.54, 1.807) is 0 Å². The molecule has 108 valence electrons. The van der Waals surface area contributed by atoms with Gasteiger partial charge in [0.25, 0.3) is 5.91 Å². The van der Waals surface area contributed by atoms with Crippen LogP contribution in [-0.2, 0) is 6.54 Å². The Bertz CT molecular complexity index is 477. The van der Waals surface area contributed by atoms with Gasteiger partial charge in [0.05, 0.1) is 6.10 Å². The van der Waals surface area contributed by atoms with Gasteiger partial charge in [-0.05, 0) is 50.4 Å². The van der Waals surface area contributed by atoms with E-state index in [0.717, 1.165) is 30.8 Å². The zero-order valence-electron chi connectivity index (χ0n) is 11.7. The number of carbonyl (C=O) groups is 1. The molecule has 1 aromatic carbocycles. The Morgan fingerprint density at radius 2 is 1.95 bits per heavy atom. The number of nitrogens with zero attached hydrogens (tertiary/aromatic N) is 1. The monoisotopic (exact) mass is 274 g/mol. The van der Waals surface area contributed by atoms with Crippen LogP contribution < -0.4 is 5.32 Å². The highest BCUT2D eigenvalue weighted by atomic mass is 16.3. The molecular weight excluding hydrogens is 252 g/mol. The fourth-order valence-corrected chi connectivity index (χ4v) is 3.03. The van der Waals surface area contributed by atoms with Crippen LogP contribution in [0.15, 0.2) is 24.3 Å². The summed E-state index contributed by atoms with van der Waals surface area (Å²) in [5.74, 6) is -0.00306. The SMILES string of the molecule is O=C(NC1CC(O)C1)c1ccccc1CN1CCCC1. The Labute approximate surface area is 119 Å². The quantitative estimate of drug-likeness (QED) is 0.875. The zero-order valence-corrected chi connectivity index (χ0v) is 11.7. The highest BCUT2D eigenvalue weighted by molar-refractivity contribution is 5.95. The first-order valence-corrected chi connectivity index (χ1v) is 7.51. The van der Waals surface area contributed by atoms with Gasteiger partial charge in [0, 0.05) is 18.2 Å². The molecule has 1 aromatic rings. The van der Waals surface area contributed by atoms with Crippen LogP contribution >= 0.6 is 0 Å². The van der Waals surface area contributed by atoms with Crippen molar-refractivity contribution in [1.29, 1.82) is 0 Å². The van der Waals surface area contributed by atoms with Gasteiger partial charge in [-0.15, -0.1) is 0 Å². The fourth-order valence-electron chi connectivity index (χ4n) is 3.03. The molecule has 1 aliphatic carbocycles. The Morgan fingerprint density at radius 3 is 2.65 bits per heavy atom. The Kier molecular flexibility index (Phi) is 4.03. The van der Waals surface area contributed by atoms with E-state index in [2.05, 4.69) is 10.2 Å². The van der Waals surface area contributed by atoms with Crippen molar-refractivity contribution in [2.24, 2.45) is 0 Å². The number of hydrogen-bond acceptors (Lipinski definition) is 3. The first kappa shape index (κ1) is 13.6. The molecule has 4 nitrogen and oxygen atoms in total. The van der Waals surface area contributed by atoms with Gasteiger partial charge in [-0.3, -0.25) is 9.69 Å². The van der Waals surface area contributed by atoms with Gasteiger partial charge in [0.15, 0.2) is 0 Å². The van der Waals surface area contributed by atoms with E-state index in [0.29, 0.717) is 12.8 Å². The zero-order chi connectivity index (χ0) is 13.9. The summed E-state index contributed by atoms with van der Waals surface area (Å²) in [6.07, 6.45) is 3.64. The maximum absolute atomic E-state index is 12.3. The molecule has 0 atom stereocenters. The number of benzene rings is 1. The van der Waals surface area contributed by atoms with Crippen molar-refractivity contribution in [3.05, 3.63) is 35.4 Å². The number of aliphatic hydroxyl groups is 1. The molecule has 0 bridgehead atoms. The van der Waals surface area contributed by atoms with Crippen LogP contribution in [0.2, 0.25) is 0 Å². The second-order valence-corrected chi connectivity index (χ2v) is 5.94. The van der Waals surface area contributed by atoms with Gasteiger partial charge < -0.3 is 10.4 Å². The standard InChI is InChI=1S/C16H22N2O2/c19-14-9-13(10-14)17-16(20)15-6-2-1-5-12(15)11-18-7-3-4-8-18/h1-2,5-6,13-14,19H,3-4,7-11H2,(H,17,20). The summed E-state index contributed by atoms with van der Waals surface area (Å²) in [5, 5.41) is 12.3. The topological polar surface area (TPSA) is 52.6 Å². The molecule has 0 spiro atoms. The second-order valence-electron chi connectivity index (χ2n) is 5.94. The van der Waals surface area contributed by atoms with Gasteiger partial charge in [0.2, 0.25) is 0 Å². The molecule has 0 aromatic heterocycles. The van der Waals surface area contributed by atoms with Gasteiger partial charge in [-0.25, -0.2) is 0 Å². The second kappa shape index (κ2) is 5.94. The van der Waals surface area contributed by atoms with E-state index >= 15 is 0 Å². The van der Waals surface area contributed by atoms with Crippen LogP contribution in [0, 0.1) is 0 Å². The molecule has 4 heteroatoms. The molecule has 0 unspecified atom stereocenters. The van der Waals surface area contributed by atoms with Crippen LogP contribution in [0.25, 0.3) is 0 Å². The first-order chi connectivity index (χ1) is 9.72. The number of likely N-dealkylation sites (tertiary alicyclic amines) is 1. The summed E-state index contributed by atoms with van der Waals surface area (Å²) in [5.41, 5.74) is 1.88. The lowest BCUT2D eigenvalue weighted by atomic mass is 9.89. The summed E-state index contributed by atoms with van der Waals surface area (Å²) in [7, 11) is 0. The Balaban J connectivity index is 1.66. The number of aliphatic hydroxyl groups excluding tert-OH is 1. The predicted octanol–water partition coefficient (Wildman–Crippen LogP) is 1.54. The molecule has 20 heavy (non-hydrogen) atoms. The minimum Gasteiger partial charge on any atom is -0.393 e. The molecule has 1 amide bonds. The van der Waals surface area contributed by atoms with Crippen LogP contribution in [0.4, 0.5) is 0 Å². The number of carbonyl (C=O) groups excluding carboxylic acids is 1. The number of hydrogen-bond donors (Lipinski definition) is 2. The summed E-state index contributed by atoms with van der Waals surface area (Å²) >= 11 is 0. The molecule has 1 saturated heterocycles. The van der Waals surface area contributed by atoms with E-state index in [9.17, 15) is 9.90 Å². The lowest BCUT2D eigenvalue weighted by Gasteiger charge is -2.32. The largest absolute Gasteiger partial charge is 0.393 e. The number of amides is 1. The van der Waals surface area contributed by atoms with Crippen LogP contribution in [0.1, 0.15) is 41.6 Å². The Hall–Kier alpha value is -1.39. The summed E-state index contributed by atoms with van der Waals surface area (Å²) in [6, 6.07) is 7.99. The van der Waals surface area contributed by atoms with Gasteiger partial charge >= 0.3 is 0 Å². The highest BCUT2D eigenvalue weighted by Gasteiger charge is 2.29. The summed E-state index contributed by atoms with van der Waals surface area (Å²) < 4.78 is 0. The third-order valence-electron chi connectivity index (χ3n) is 4.30. The molecule has 3 rings (SSSR count). The van der Waals surface area contributed by atoms with Gasteiger partial charge in [0.1, 0.15) is 0 Å². The third kappa shape index (κ3) is 3.02. The normalized spacial score (nSPS) is 26.2. The molecular formula is C16H22N2O2. The van der Waals surface area contributed by atoms with Crippen molar-refractivity contribution < 1.29 is 9.90 Å². The minimum absolute atomic E-state index is 0.00306. The molecule has 0 radical (unpaired) electrons. The third-order valence-corrected chi connectivity index (χ3v) is 4.30. The fraction of sp³-hybridized carbons (Fsp3) is 0.562. The molecule has 1 saturated carbocycles. The molecule has 2 N–H and O–H groups in total. The number of nitrogens with one attached hydrogen (secondary N) is 1. The molecule has 1 aliphatic heterocycles. The maximum Gasteiger partial charge on any atom is 0.251 e. The van der Waals surface area contributed by atoms with Gasteiger partial charge in [-0.1, -0.05) is 18.2 Å². The van der Waals surface area contributed by atoms with Crippen molar-refractivity contribution in [3.8, 4) is 0 Å². The number of rotatable bonds is 4. The van der Waals surface area contributed by atoms with E-state index in [1.807, 2.05) is 24.3 Å². The molecule has 2 aliphatic rings. The average molecular weight is 274 g/mol. The highest BCUT2D eigenvalue weighted by Crippen LogP contribution is 2.21. The molecule has 1 heterocycles. The van der Waals surface area contributed by atoms with Crippen molar-refractivity contribution in [3.63, 3.8) is 0 Å². The lowest BCUT2D eigenvalue weighted by molar-refractivity contribution is 0.0562.